The Labute approximate surface area is 71.0 Å². The highest BCUT2D eigenvalue weighted by molar-refractivity contribution is 5.85. The molecule has 12 heavy (non-hydrogen) atoms. The third kappa shape index (κ3) is 0.685. The largest absolute Gasteiger partial charge is 0.464 e. The molecule has 1 aromatic carbocycles. The lowest BCUT2D eigenvalue weighted by Crippen LogP contribution is -1.97. The Hall–Kier alpha value is -1.24. The number of hydrogen-bond donors (Lipinski definition) is 0. The molecule has 0 radical (unpaired) electrons. The molecule has 0 unspecified atom stereocenters. The Kier molecular flexibility index (Phi) is 1.12. The maximum Gasteiger partial charge on any atom is 0.134 e. The van der Waals surface area contributed by atoms with E-state index in [0.717, 1.165) is 5.58 Å². The summed E-state index contributed by atoms with van der Waals surface area (Å²) >= 11 is 0. The van der Waals surface area contributed by atoms with Crippen LogP contribution < -0.4 is 0 Å². The van der Waals surface area contributed by atoms with Gasteiger partial charge in [-0.25, -0.2) is 0 Å². The van der Waals surface area contributed by atoms with Gasteiger partial charge in [0, 0.05) is 5.39 Å². The van der Waals surface area contributed by atoms with Gasteiger partial charge in [-0.05, 0) is 36.5 Å². The van der Waals surface area contributed by atoms with E-state index in [1.54, 1.807) is 0 Å². The van der Waals surface area contributed by atoms with Crippen molar-refractivity contribution >= 4 is 11.0 Å². The van der Waals surface area contributed by atoms with Crippen LogP contribution in [0.2, 0.25) is 0 Å². The van der Waals surface area contributed by atoms with E-state index in [2.05, 4.69) is 12.1 Å². The van der Waals surface area contributed by atoms with Gasteiger partial charge in [0.25, 0.3) is 0 Å². The van der Waals surface area contributed by atoms with E-state index < -0.39 is 0 Å². The van der Waals surface area contributed by atoms with Gasteiger partial charge in [0.2, 0.25) is 0 Å². The number of aryl methyl sites for hydroxylation is 2. The average molecular weight is 158 g/mol. The molecule has 1 heterocycles. The zero-order chi connectivity index (χ0) is 7.97. The molecule has 1 aromatic heterocycles. The Morgan fingerprint density at radius 3 is 3.00 bits per heavy atom. The van der Waals surface area contributed by atoms with Crippen LogP contribution >= 0.6 is 0 Å². The van der Waals surface area contributed by atoms with E-state index in [4.69, 9.17) is 4.42 Å². The minimum Gasteiger partial charge on any atom is -0.464 e. The van der Waals surface area contributed by atoms with Crippen molar-refractivity contribution in [3.8, 4) is 0 Å². The predicted molar refractivity (Wildman–Crippen MR) is 48.2 cm³/mol. The molecule has 0 amide bonds. The summed E-state index contributed by atoms with van der Waals surface area (Å²) in [4.78, 5) is 0. The fraction of sp³-hybridized carbons (Fsp3) is 0.273. The van der Waals surface area contributed by atoms with Gasteiger partial charge in [0.1, 0.15) is 5.58 Å². The van der Waals surface area contributed by atoms with Gasteiger partial charge in [-0.1, -0.05) is 12.1 Å². The molecule has 0 bridgehead atoms. The molecule has 3 rings (SSSR count). The summed E-state index contributed by atoms with van der Waals surface area (Å²) in [5, 5.41) is 1.38. The second-order valence-corrected chi connectivity index (χ2v) is 3.40. The molecular weight excluding hydrogens is 148 g/mol. The number of hydrogen-bond acceptors (Lipinski definition) is 1. The molecule has 0 saturated carbocycles. The zero-order valence-corrected chi connectivity index (χ0v) is 6.84. The molecule has 0 saturated heterocycles. The van der Waals surface area contributed by atoms with Crippen molar-refractivity contribution in [1.82, 2.24) is 0 Å². The molecule has 1 nitrogen and oxygen atoms in total. The quantitative estimate of drug-likeness (QED) is 0.574. The van der Waals surface area contributed by atoms with Crippen molar-refractivity contribution in [2.45, 2.75) is 19.3 Å². The topological polar surface area (TPSA) is 13.1 Å². The first-order valence-corrected chi connectivity index (χ1v) is 4.43. The molecular formula is C11H10O. The van der Waals surface area contributed by atoms with Gasteiger partial charge in [-0.3, -0.25) is 0 Å². The fourth-order valence-corrected chi connectivity index (χ4v) is 2.09. The van der Waals surface area contributed by atoms with Crippen LogP contribution in [0, 0.1) is 0 Å². The van der Waals surface area contributed by atoms with Crippen molar-refractivity contribution in [2.75, 3.05) is 0 Å². The van der Waals surface area contributed by atoms with E-state index >= 15 is 0 Å². The summed E-state index contributed by atoms with van der Waals surface area (Å²) in [5.74, 6) is 0. The maximum atomic E-state index is 5.46. The van der Waals surface area contributed by atoms with Crippen LogP contribution in [0.5, 0.6) is 0 Å². The Morgan fingerprint density at radius 1 is 1.08 bits per heavy atom. The van der Waals surface area contributed by atoms with Crippen molar-refractivity contribution < 1.29 is 4.42 Å². The third-order valence-corrected chi connectivity index (χ3v) is 2.65. The molecule has 0 aliphatic heterocycles. The standard InChI is InChI=1S/C11H10O/c1-3-8-4-2-6-10-11(8)9(5-1)7-12-10/h2,4,6-7H,1,3,5H2. The fourth-order valence-electron chi connectivity index (χ4n) is 2.09. The molecule has 1 aliphatic carbocycles. The van der Waals surface area contributed by atoms with E-state index in [0.29, 0.717) is 0 Å². The average Bonchev–Trinajstić information content (AvgIpc) is 2.52. The SMILES string of the molecule is c1cc2c3c(coc3c1)CCC2. The van der Waals surface area contributed by atoms with Crippen LogP contribution in [0.15, 0.2) is 28.9 Å². The summed E-state index contributed by atoms with van der Waals surface area (Å²) in [5.41, 5.74) is 3.91. The Morgan fingerprint density at radius 2 is 2.00 bits per heavy atom. The second kappa shape index (κ2) is 2.13. The van der Waals surface area contributed by atoms with Gasteiger partial charge in [-0.15, -0.1) is 0 Å². The molecule has 0 fully saturated rings. The molecule has 0 atom stereocenters. The summed E-state index contributed by atoms with van der Waals surface area (Å²) in [6.45, 7) is 0. The first-order chi connectivity index (χ1) is 5.95. The van der Waals surface area contributed by atoms with E-state index in [1.165, 1.54) is 35.8 Å². The van der Waals surface area contributed by atoms with Gasteiger partial charge in [0.15, 0.2) is 0 Å². The van der Waals surface area contributed by atoms with E-state index in [9.17, 15) is 0 Å². The Bertz CT molecular complexity index is 425. The van der Waals surface area contributed by atoms with Crippen LogP contribution in [0.3, 0.4) is 0 Å². The molecule has 0 N–H and O–H groups in total. The van der Waals surface area contributed by atoms with E-state index in [-0.39, 0.29) is 0 Å². The number of benzene rings is 1. The van der Waals surface area contributed by atoms with Crippen LogP contribution in [-0.4, -0.2) is 0 Å². The Balaban J connectivity index is 2.50. The molecule has 2 aromatic rings. The summed E-state index contributed by atoms with van der Waals surface area (Å²) in [7, 11) is 0. The summed E-state index contributed by atoms with van der Waals surface area (Å²) in [6.07, 6.45) is 5.58. The molecule has 60 valence electrons. The maximum absolute atomic E-state index is 5.46. The van der Waals surface area contributed by atoms with Crippen molar-refractivity contribution in [1.29, 1.82) is 0 Å². The number of rotatable bonds is 0. The second-order valence-electron chi connectivity index (χ2n) is 3.40. The first-order valence-electron chi connectivity index (χ1n) is 4.43. The highest BCUT2D eigenvalue weighted by Gasteiger charge is 2.13. The monoisotopic (exact) mass is 158 g/mol. The minimum absolute atomic E-state index is 1.06. The van der Waals surface area contributed by atoms with Crippen molar-refractivity contribution in [3.63, 3.8) is 0 Å². The predicted octanol–water partition coefficient (Wildman–Crippen LogP) is 2.92. The lowest BCUT2D eigenvalue weighted by molar-refractivity contribution is 0.609. The molecule has 0 spiro atoms. The third-order valence-electron chi connectivity index (χ3n) is 2.65. The van der Waals surface area contributed by atoms with Crippen molar-refractivity contribution in [3.05, 3.63) is 35.6 Å². The van der Waals surface area contributed by atoms with Gasteiger partial charge < -0.3 is 4.42 Å². The summed E-state index contributed by atoms with van der Waals surface area (Å²) < 4.78 is 5.46. The first kappa shape index (κ1) is 6.30. The van der Waals surface area contributed by atoms with Gasteiger partial charge in [-0.2, -0.15) is 0 Å². The summed E-state index contributed by atoms with van der Waals surface area (Å²) in [6, 6.07) is 6.34. The number of furan rings is 1. The normalized spacial score (nSPS) is 15.3. The lowest BCUT2D eigenvalue weighted by atomic mass is 9.93. The smallest absolute Gasteiger partial charge is 0.134 e. The van der Waals surface area contributed by atoms with Crippen molar-refractivity contribution in [2.24, 2.45) is 0 Å². The van der Waals surface area contributed by atoms with Crippen LogP contribution in [0.25, 0.3) is 11.0 Å². The van der Waals surface area contributed by atoms with Gasteiger partial charge in [0.05, 0.1) is 6.26 Å². The van der Waals surface area contributed by atoms with Crippen LogP contribution in [0.1, 0.15) is 17.5 Å². The van der Waals surface area contributed by atoms with E-state index in [1.807, 2.05) is 12.3 Å². The highest BCUT2D eigenvalue weighted by Crippen LogP contribution is 2.30. The lowest BCUT2D eigenvalue weighted by Gasteiger charge is -2.09. The van der Waals surface area contributed by atoms with Crippen LogP contribution in [-0.2, 0) is 12.8 Å². The van der Waals surface area contributed by atoms with Crippen LogP contribution in [0.4, 0.5) is 0 Å². The zero-order valence-electron chi connectivity index (χ0n) is 6.84. The highest BCUT2D eigenvalue weighted by atomic mass is 16.3. The molecule has 1 heteroatoms. The van der Waals surface area contributed by atoms with Gasteiger partial charge >= 0.3 is 0 Å². The minimum atomic E-state index is 1.06. The molecule has 1 aliphatic rings.